The molecule has 0 spiro atoms. The molecule has 0 aliphatic rings. The second-order valence-electron chi connectivity index (χ2n) is 1.59. The van der Waals surface area contributed by atoms with E-state index in [2.05, 4.69) is 30.2 Å². The van der Waals surface area contributed by atoms with Crippen molar-refractivity contribution in [3.63, 3.8) is 0 Å². The topological polar surface area (TPSA) is 12.0 Å². The van der Waals surface area contributed by atoms with Crippen molar-refractivity contribution in [1.29, 1.82) is 0 Å². The van der Waals surface area contributed by atoms with Gasteiger partial charge in [0.15, 0.2) is 0 Å². The number of thiocarbonyl (C=S) groups is 1. The summed E-state index contributed by atoms with van der Waals surface area (Å²) >= 11 is 9.15. The molecule has 50 valence electrons. The number of halogens is 1. The monoisotopic (exact) mass is 237 g/mol. The van der Waals surface area contributed by atoms with E-state index in [1.807, 2.05) is 13.8 Å². The molecule has 0 aromatic heterocycles. The molecule has 0 heterocycles. The van der Waals surface area contributed by atoms with Crippen LogP contribution in [0.15, 0.2) is 0 Å². The van der Waals surface area contributed by atoms with Crippen LogP contribution in [0.3, 0.4) is 0 Å². The van der Waals surface area contributed by atoms with Crippen molar-refractivity contribution >= 4 is 52.2 Å². The van der Waals surface area contributed by atoms with Gasteiger partial charge in [0.25, 0.3) is 0 Å². The van der Waals surface area contributed by atoms with E-state index < -0.39 is 0 Å². The molecular weight excluding hydrogens is 230 g/mol. The van der Waals surface area contributed by atoms with Gasteiger partial charge in [-0.2, -0.15) is 0 Å². The van der Waals surface area contributed by atoms with Crippen LogP contribution in [0.5, 0.6) is 0 Å². The van der Waals surface area contributed by atoms with E-state index in [4.69, 9.17) is 0 Å². The zero-order chi connectivity index (χ0) is 5.86. The average molecular weight is 238 g/mol. The Morgan fingerprint density at radius 3 is 1.89 bits per heavy atom. The van der Waals surface area contributed by atoms with Crippen LogP contribution in [-0.2, 0) is 12.6 Å². The SMILES string of the molecule is CC(C)NC(=S)[S-].[Br-].[Mg+2]. The molecule has 5 heteroatoms. The van der Waals surface area contributed by atoms with Gasteiger partial charge < -0.3 is 47.1 Å². The minimum Gasteiger partial charge on any atom is -1.00 e. The number of rotatable bonds is 1. The molecule has 9 heavy (non-hydrogen) atoms. The van der Waals surface area contributed by atoms with Crippen LogP contribution >= 0.6 is 12.2 Å². The number of hydrogen-bond acceptors (Lipinski definition) is 2. The van der Waals surface area contributed by atoms with Crippen molar-refractivity contribution in [2.24, 2.45) is 0 Å². The quantitative estimate of drug-likeness (QED) is 0.307. The number of nitrogens with one attached hydrogen (secondary N) is 1. The summed E-state index contributed by atoms with van der Waals surface area (Å²) in [7, 11) is 0. The van der Waals surface area contributed by atoms with Crippen molar-refractivity contribution < 1.29 is 17.0 Å². The molecule has 0 amide bonds. The fraction of sp³-hybridized carbons (Fsp3) is 0.750. The molecule has 0 saturated heterocycles. The van der Waals surface area contributed by atoms with E-state index in [0.717, 1.165) is 0 Å². The second kappa shape index (κ2) is 9.36. The fourth-order valence-corrected chi connectivity index (χ4v) is 0.707. The van der Waals surface area contributed by atoms with Crippen molar-refractivity contribution in [2.75, 3.05) is 0 Å². The predicted molar refractivity (Wildman–Crippen MR) is 44.0 cm³/mol. The van der Waals surface area contributed by atoms with E-state index >= 15 is 0 Å². The molecule has 0 bridgehead atoms. The van der Waals surface area contributed by atoms with E-state index in [1.165, 1.54) is 0 Å². The first kappa shape index (κ1) is 16.8. The minimum absolute atomic E-state index is 0. The Bertz CT molecular complexity index is 79.0. The van der Waals surface area contributed by atoms with Gasteiger partial charge in [0, 0.05) is 6.04 Å². The van der Waals surface area contributed by atoms with Gasteiger partial charge in [-0.1, -0.05) is 4.32 Å². The summed E-state index contributed by atoms with van der Waals surface area (Å²) in [5.74, 6) is 0. The van der Waals surface area contributed by atoms with E-state index in [9.17, 15) is 0 Å². The molecule has 0 atom stereocenters. The maximum Gasteiger partial charge on any atom is 2.00 e. The Morgan fingerprint density at radius 2 is 1.89 bits per heavy atom. The molecule has 0 aromatic rings. The van der Waals surface area contributed by atoms with Gasteiger partial charge in [-0.3, -0.25) is 0 Å². The molecule has 0 aliphatic heterocycles. The van der Waals surface area contributed by atoms with Crippen LogP contribution in [0.25, 0.3) is 0 Å². The molecular formula is C4H8BrMgNS2. The third-order valence-electron chi connectivity index (χ3n) is 0.407. The summed E-state index contributed by atoms with van der Waals surface area (Å²) in [5, 5.41) is 2.85. The third-order valence-corrected chi connectivity index (χ3v) is 0.642. The first-order valence-electron chi connectivity index (χ1n) is 2.10. The van der Waals surface area contributed by atoms with E-state index in [-0.39, 0.29) is 40.0 Å². The van der Waals surface area contributed by atoms with Crippen LogP contribution in [0.1, 0.15) is 13.8 Å². The van der Waals surface area contributed by atoms with Gasteiger partial charge >= 0.3 is 23.1 Å². The van der Waals surface area contributed by atoms with Gasteiger partial charge in [0.2, 0.25) is 0 Å². The molecule has 0 aliphatic carbocycles. The molecule has 0 rings (SSSR count). The van der Waals surface area contributed by atoms with Crippen LogP contribution in [-0.4, -0.2) is 33.4 Å². The van der Waals surface area contributed by atoms with E-state index in [0.29, 0.717) is 10.4 Å². The third kappa shape index (κ3) is 17.6. The fourth-order valence-electron chi connectivity index (χ4n) is 0.236. The van der Waals surface area contributed by atoms with Gasteiger partial charge in [0.05, 0.1) is 0 Å². The summed E-state index contributed by atoms with van der Waals surface area (Å²) in [6.45, 7) is 4.00. The largest absolute Gasteiger partial charge is 2.00 e. The first-order chi connectivity index (χ1) is 3.13. The predicted octanol–water partition coefficient (Wildman–Crippen LogP) is -2.56. The number of hydrogen-bond donors (Lipinski definition) is 1. The Morgan fingerprint density at radius 1 is 1.56 bits per heavy atom. The molecule has 0 fully saturated rings. The van der Waals surface area contributed by atoms with Crippen molar-refractivity contribution in [1.82, 2.24) is 5.32 Å². The van der Waals surface area contributed by atoms with Gasteiger partial charge in [0.1, 0.15) is 0 Å². The Hall–Kier alpha value is 1.36. The molecule has 0 aromatic carbocycles. The molecule has 1 nitrogen and oxygen atoms in total. The summed E-state index contributed by atoms with van der Waals surface area (Å²) in [5.41, 5.74) is 0. The van der Waals surface area contributed by atoms with Gasteiger partial charge in [-0.05, 0) is 13.8 Å². The Balaban J connectivity index is -0.000000180. The van der Waals surface area contributed by atoms with Crippen LogP contribution in [0.2, 0.25) is 0 Å². The van der Waals surface area contributed by atoms with Crippen LogP contribution in [0.4, 0.5) is 0 Å². The Kier molecular flexibility index (Phi) is 17.4. The van der Waals surface area contributed by atoms with Crippen molar-refractivity contribution in [3.05, 3.63) is 0 Å². The maximum atomic E-state index is 4.58. The van der Waals surface area contributed by atoms with Crippen LogP contribution < -0.4 is 22.3 Å². The summed E-state index contributed by atoms with van der Waals surface area (Å²) < 4.78 is 0.454. The normalized spacial score (nSPS) is 7.00. The average Bonchev–Trinajstić information content (AvgIpc) is 1.27. The summed E-state index contributed by atoms with van der Waals surface area (Å²) in [6, 6.07) is 0.380. The zero-order valence-electron chi connectivity index (χ0n) is 5.48. The Labute approximate surface area is 93.7 Å². The van der Waals surface area contributed by atoms with Gasteiger partial charge in [-0.15, -0.1) is 0 Å². The van der Waals surface area contributed by atoms with Gasteiger partial charge in [-0.25, -0.2) is 0 Å². The first-order valence-corrected chi connectivity index (χ1v) is 2.92. The van der Waals surface area contributed by atoms with Crippen molar-refractivity contribution in [2.45, 2.75) is 19.9 Å². The minimum atomic E-state index is 0. The molecule has 1 N–H and O–H groups in total. The summed E-state index contributed by atoms with van der Waals surface area (Å²) in [4.78, 5) is 0. The standard InChI is InChI=1S/C4H9NS2.BrH.Mg/c1-3(2)5-4(6)7;;/h3H,1-2H3,(H2,5,6,7);1H;/q;;+2/p-2. The molecule has 0 unspecified atom stereocenters. The van der Waals surface area contributed by atoms with Crippen LogP contribution in [0, 0.1) is 0 Å². The smallest absolute Gasteiger partial charge is 1.00 e. The van der Waals surface area contributed by atoms with E-state index in [1.54, 1.807) is 0 Å². The maximum absolute atomic E-state index is 4.58. The zero-order valence-corrected chi connectivity index (χ0v) is 10.1. The summed E-state index contributed by atoms with van der Waals surface area (Å²) in [6.07, 6.45) is 0. The molecule has 0 radical (unpaired) electrons. The van der Waals surface area contributed by atoms with Crippen molar-refractivity contribution in [3.8, 4) is 0 Å². The second-order valence-corrected chi connectivity index (χ2v) is 2.66. The molecule has 0 saturated carbocycles.